The van der Waals surface area contributed by atoms with Crippen LogP contribution in [0.5, 0.6) is 0 Å². The van der Waals surface area contributed by atoms with Crippen molar-refractivity contribution in [2.24, 2.45) is 0 Å². The number of carbonyl (C=O) groups excluding carboxylic acids is 2. The first-order valence-electron chi connectivity index (χ1n) is 3.15. The summed E-state index contributed by atoms with van der Waals surface area (Å²) in [6.07, 6.45) is 3.06. The van der Waals surface area contributed by atoms with E-state index < -0.39 is 0 Å². The number of rotatable bonds is 2. The predicted molar refractivity (Wildman–Crippen MR) is 36.4 cm³/mol. The van der Waals surface area contributed by atoms with Gasteiger partial charge in [0.25, 0.3) is 0 Å². The number of amides is 1. The summed E-state index contributed by atoms with van der Waals surface area (Å²) in [4.78, 5) is 20.4. The fourth-order valence-electron chi connectivity index (χ4n) is 0.843. The van der Waals surface area contributed by atoms with E-state index in [0.717, 1.165) is 6.29 Å². The van der Waals surface area contributed by atoms with Gasteiger partial charge in [-0.05, 0) is 12.5 Å². The van der Waals surface area contributed by atoms with Gasteiger partial charge in [-0.2, -0.15) is 0 Å². The molecule has 1 heterocycles. The summed E-state index contributed by atoms with van der Waals surface area (Å²) in [6.45, 7) is 1.72. The number of hydrogen-bond donors (Lipinski definition) is 1. The lowest BCUT2D eigenvalue weighted by atomic mass is 10.0. The maximum absolute atomic E-state index is 10.4. The van der Waals surface area contributed by atoms with Crippen molar-refractivity contribution < 1.29 is 9.59 Å². The molecule has 0 saturated carbocycles. The molecule has 3 heteroatoms. The molecule has 54 valence electrons. The van der Waals surface area contributed by atoms with E-state index >= 15 is 0 Å². The first kappa shape index (κ1) is 6.99. The monoisotopic (exact) mass is 139 g/mol. The van der Waals surface area contributed by atoms with Gasteiger partial charge in [-0.3, -0.25) is 9.59 Å². The largest absolute Gasteiger partial charge is 0.349 e. The number of β-lactam (4-membered cyclic amide) rings is 1. The van der Waals surface area contributed by atoms with Gasteiger partial charge in [-0.25, -0.2) is 0 Å². The van der Waals surface area contributed by atoms with Crippen LogP contribution in [0.2, 0.25) is 0 Å². The van der Waals surface area contributed by atoms with Crippen molar-refractivity contribution in [3.05, 3.63) is 11.6 Å². The van der Waals surface area contributed by atoms with Gasteiger partial charge in [0.15, 0.2) is 0 Å². The average molecular weight is 139 g/mol. The smallest absolute Gasteiger partial charge is 0.222 e. The van der Waals surface area contributed by atoms with Gasteiger partial charge in [0.1, 0.15) is 6.29 Å². The van der Waals surface area contributed by atoms with Crippen LogP contribution in [-0.2, 0) is 9.59 Å². The molecule has 1 amide bonds. The minimum Gasteiger partial charge on any atom is -0.349 e. The zero-order valence-corrected chi connectivity index (χ0v) is 5.76. The van der Waals surface area contributed by atoms with E-state index in [4.69, 9.17) is 0 Å². The Balaban J connectivity index is 2.40. The minimum atomic E-state index is 0.0555. The van der Waals surface area contributed by atoms with Gasteiger partial charge in [0, 0.05) is 0 Å². The maximum atomic E-state index is 10.4. The summed E-state index contributed by atoms with van der Waals surface area (Å²) in [5.74, 6) is 0.0555. The van der Waals surface area contributed by atoms with Crippen LogP contribution in [0.3, 0.4) is 0 Å². The van der Waals surface area contributed by atoms with Crippen molar-refractivity contribution in [1.82, 2.24) is 5.32 Å². The van der Waals surface area contributed by atoms with Crippen LogP contribution in [0.15, 0.2) is 11.6 Å². The summed E-state index contributed by atoms with van der Waals surface area (Å²) < 4.78 is 0. The number of nitrogens with one attached hydrogen (secondary N) is 1. The van der Waals surface area contributed by atoms with Crippen LogP contribution < -0.4 is 5.32 Å². The van der Waals surface area contributed by atoms with Crippen LogP contribution in [0, 0.1) is 0 Å². The molecule has 1 N–H and O–H groups in total. The van der Waals surface area contributed by atoms with Crippen molar-refractivity contribution in [3.8, 4) is 0 Å². The third kappa shape index (κ3) is 1.43. The Bertz CT molecular complexity index is 188. The van der Waals surface area contributed by atoms with Gasteiger partial charge in [-0.1, -0.05) is 6.08 Å². The van der Waals surface area contributed by atoms with Crippen LogP contribution in [0.4, 0.5) is 0 Å². The molecule has 0 aromatic heterocycles. The highest BCUT2D eigenvalue weighted by Gasteiger charge is 2.22. The molecule has 1 saturated heterocycles. The quantitative estimate of drug-likeness (QED) is 0.333. The van der Waals surface area contributed by atoms with E-state index in [1.807, 2.05) is 0 Å². The molecular formula is C7H9NO2. The Morgan fingerprint density at radius 3 is 2.80 bits per heavy atom. The SMILES string of the molecule is C/C(C=O)=C\[C@@H]1CC(=O)N1. The Hall–Kier alpha value is -1.12. The number of allylic oxidation sites excluding steroid dienone is 1. The molecule has 1 aliphatic rings. The van der Waals surface area contributed by atoms with E-state index in [-0.39, 0.29) is 11.9 Å². The zero-order valence-electron chi connectivity index (χ0n) is 5.76. The Morgan fingerprint density at radius 1 is 1.80 bits per heavy atom. The van der Waals surface area contributed by atoms with E-state index in [2.05, 4.69) is 5.32 Å². The van der Waals surface area contributed by atoms with Crippen molar-refractivity contribution in [1.29, 1.82) is 0 Å². The van der Waals surface area contributed by atoms with Crippen molar-refractivity contribution in [2.75, 3.05) is 0 Å². The lowest BCUT2D eigenvalue weighted by Gasteiger charge is -2.23. The Kier molecular flexibility index (Phi) is 1.85. The van der Waals surface area contributed by atoms with Gasteiger partial charge < -0.3 is 5.32 Å². The Labute approximate surface area is 59.1 Å². The van der Waals surface area contributed by atoms with E-state index in [0.29, 0.717) is 12.0 Å². The van der Waals surface area contributed by atoms with E-state index in [1.54, 1.807) is 13.0 Å². The van der Waals surface area contributed by atoms with E-state index in [1.165, 1.54) is 0 Å². The molecule has 0 unspecified atom stereocenters. The standard InChI is InChI=1S/C7H9NO2/c1-5(4-9)2-6-3-7(10)8-6/h2,4,6H,3H2,1H3,(H,8,10)/b5-2+/t6-/m1/s1. The maximum Gasteiger partial charge on any atom is 0.222 e. The van der Waals surface area contributed by atoms with Crippen molar-refractivity contribution in [2.45, 2.75) is 19.4 Å². The molecule has 1 aliphatic heterocycles. The minimum absolute atomic E-state index is 0.0555. The lowest BCUT2D eigenvalue weighted by molar-refractivity contribution is -0.127. The average Bonchev–Trinajstić information content (AvgIpc) is 1.84. The summed E-state index contributed by atoms with van der Waals surface area (Å²) in [5.41, 5.74) is 0.671. The van der Waals surface area contributed by atoms with Crippen molar-refractivity contribution in [3.63, 3.8) is 0 Å². The highest BCUT2D eigenvalue weighted by Crippen LogP contribution is 2.06. The number of carbonyl (C=O) groups is 2. The zero-order chi connectivity index (χ0) is 7.56. The molecule has 0 spiro atoms. The molecular weight excluding hydrogens is 130 g/mol. The molecule has 0 aliphatic carbocycles. The summed E-state index contributed by atoms with van der Waals surface area (Å²) in [6, 6.07) is 0.0951. The normalized spacial score (nSPS) is 25.1. The molecule has 3 nitrogen and oxygen atoms in total. The van der Waals surface area contributed by atoms with Gasteiger partial charge in [0.2, 0.25) is 5.91 Å². The number of aldehydes is 1. The third-order valence-corrected chi connectivity index (χ3v) is 1.40. The molecule has 0 aromatic carbocycles. The van der Waals surface area contributed by atoms with Crippen LogP contribution in [0.1, 0.15) is 13.3 Å². The highest BCUT2D eigenvalue weighted by molar-refractivity contribution is 5.84. The molecule has 1 rings (SSSR count). The summed E-state index contributed by atoms with van der Waals surface area (Å²) in [7, 11) is 0. The van der Waals surface area contributed by atoms with E-state index in [9.17, 15) is 9.59 Å². The molecule has 0 bridgehead atoms. The lowest BCUT2D eigenvalue weighted by Crippen LogP contribution is -2.47. The number of hydrogen-bond acceptors (Lipinski definition) is 2. The van der Waals surface area contributed by atoms with Crippen LogP contribution >= 0.6 is 0 Å². The fraction of sp³-hybridized carbons (Fsp3) is 0.429. The van der Waals surface area contributed by atoms with Gasteiger partial charge >= 0.3 is 0 Å². The third-order valence-electron chi connectivity index (χ3n) is 1.40. The van der Waals surface area contributed by atoms with Gasteiger partial charge in [-0.15, -0.1) is 0 Å². The molecule has 1 fully saturated rings. The molecule has 0 aromatic rings. The topological polar surface area (TPSA) is 46.2 Å². The van der Waals surface area contributed by atoms with Crippen LogP contribution in [0.25, 0.3) is 0 Å². The second kappa shape index (κ2) is 2.64. The fourth-order valence-corrected chi connectivity index (χ4v) is 0.843. The van der Waals surface area contributed by atoms with Gasteiger partial charge in [0.05, 0.1) is 12.5 Å². The molecule has 10 heavy (non-hydrogen) atoms. The first-order valence-corrected chi connectivity index (χ1v) is 3.15. The predicted octanol–water partition coefficient (Wildman–Crippen LogP) is 0.0201. The Morgan fingerprint density at radius 2 is 2.40 bits per heavy atom. The molecule has 0 radical (unpaired) electrons. The first-order chi connectivity index (χ1) is 4.72. The second-order valence-electron chi connectivity index (χ2n) is 2.41. The summed E-state index contributed by atoms with van der Waals surface area (Å²) in [5, 5.41) is 2.63. The molecule has 1 atom stereocenters. The highest BCUT2D eigenvalue weighted by atomic mass is 16.2. The van der Waals surface area contributed by atoms with Crippen LogP contribution in [-0.4, -0.2) is 18.2 Å². The van der Waals surface area contributed by atoms with Crippen molar-refractivity contribution >= 4 is 12.2 Å². The second-order valence-corrected chi connectivity index (χ2v) is 2.41. The summed E-state index contributed by atoms with van der Waals surface area (Å²) >= 11 is 0.